The van der Waals surface area contributed by atoms with Crippen molar-refractivity contribution >= 4 is 0 Å². The molecule has 0 aliphatic heterocycles. The highest BCUT2D eigenvalue weighted by Gasteiger charge is 2.29. The van der Waals surface area contributed by atoms with E-state index in [1.807, 2.05) is 12.1 Å². The Kier molecular flexibility index (Phi) is 5.57. The van der Waals surface area contributed by atoms with Gasteiger partial charge in [-0.3, -0.25) is 4.68 Å². The van der Waals surface area contributed by atoms with E-state index in [9.17, 15) is 8.78 Å². The van der Waals surface area contributed by atoms with Crippen molar-refractivity contribution in [2.75, 3.05) is 0 Å². The molecule has 0 N–H and O–H groups in total. The van der Waals surface area contributed by atoms with Gasteiger partial charge in [-0.2, -0.15) is 15.5 Å². The first-order chi connectivity index (χ1) is 14.6. The lowest BCUT2D eigenvalue weighted by atomic mass is 9.87. The van der Waals surface area contributed by atoms with Crippen LogP contribution in [0.25, 0.3) is 0 Å². The van der Waals surface area contributed by atoms with E-state index in [0.717, 1.165) is 11.6 Å². The zero-order chi connectivity index (χ0) is 20.9. The van der Waals surface area contributed by atoms with Gasteiger partial charge in [0, 0.05) is 12.0 Å². The van der Waals surface area contributed by atoms with E-state index in [1.165, 1.54) is 24.8 Å². The summed E-state index contributed by atoms with van der Waals surface area (Å²) in [5.74, 6) is -1.71. The van der Waals surface area contributed by atoms with Crippen molar-refractivity contribution in [1.82, 2.24) is 29.5 Å². The number of rotatable bonds is 7. The molecule has 0 amide bonds. The molecule has 9 heteroatoms. The van der Waals surface area contributed by atoms with Gasteiger partial charge in [0.1, 0.15) is 36.9 Å². The molecule has 150 valence electrons. The van der Waals surface area contributed by atoms with Crippen molar-refractivity contribution in [3.8, 4) is 6.07 Å². The molecule has 4 aromatic rings. The number of aromatic nitrogens is 6. The largest absolute Gasteiger partial charge is 0.252 e. The summed E-state index contributed by atoms with van der Waals surface area (Å²) < 4.78 is 31.6. The molecule has 4 rings (SSSR count). The molecule has 0 saturated heterocycles. The van der Waals surface area contributed by atoms with Crippen LogP contribution in [-0.4, -0.2) is 29.5 Å². The SMILES string of the molecule is N#Cc1ccc(CC(C(Cn2cncn2)c2ccc(F)cc2F)n2cncn2)cc1. The zero-order valence-electron chi connectivity index (χ0n) is 15.8. The van der Waals surface area contributed by atoms with Gasteiger partial charge in [0.2, 0.25) is 0 Å². The molecule has 0 bridgehead atoms. The minimum absolute atomic E-state index is 0.309. The van der Waals surface area contributed by atoms with Gasteiger partial charge in [0.25, 0.3) is 0 Å². The Balaban J connectivity index is 1.76. The standard InChI is InChI=1S/C21H17F2N7/c22-17-5-6-18(20(23)8-17)19(10-29-13-25-11-27-29)21(30-14-26-12-28-30)7-15-1-3-16(9-24)4-2-15/h1-6,8,11-14,19,21H,7,10H2. The number of benzene rings is 2. The van der Waals surface area contributed by atoms with Crippen molar-refractivity contribution < 1.29 is 8.78 Å². The third kappa shape index (κ3) is 4.22. The molecule has 2 atom stereocenters. The molecule has 30 heavy (non-hydrogen) atoms. The van der Waals surface area contributed by atoms with E-state index >= 15 is 0 Å². The predicted molar refractivity (Wildman–Crippen MR) is 103 cm³/mol. The van der Waals surface area contributed by atoms with Gasteiger partial charge in [0.15, 0.2) is 0 Å². The Bertz CT molecular complexity index is 1130. The molecule has 7 nitrogen and oxygen atoms in total. The molecule has 0 aliphatic rings. The van der Waals surface area contributed by atoms with Crippen molar-refractivity contribution in [2.45, 2.75) is 24.9 Å². The fraction of sp³-hybridized carbons (Fsp3) is 0.190. The molecular formula is C21H17F2N7. The smallest absolute Gasteiger partial charge is 0.137 e. The topological polar surface area (TPSA) is 85.2 Å². The first-order valence-corrected chi connectivity index (χ1v) is 9.24. The molecule has 2 aromatic carbocycles. The van der Waals surface area contributed by atoms with Crippen LogP contribution < -0.4 is 0 Å². The Hall–Kier alpha value is -3.93. The second kappa shape index (κ2) is 8.61. The molecule has 0 fully saturated rings. The maximum absolute atomic E-state index is 14.8. The second-order valence-electron chi connectivity index (χ2n) is 6.85. The fourth-order valence-electron chi connectivity index (χ4n) is 3.52. The predicted octanol–water partition coefficient (Wildman–Crippen LogP) is 3.29. The van der Waals surface area contributed by atoms with Gasteiger partial charge >= 0.3 is 0 Å². The molecule has 2 aromatic heterocycles. The summed E-state index contributed by atoms with van der Waals surface area (Å²) in [6, 6.07) is 12.5. The van der Waals surface area contributed by atoms with E-state index < -0.39 is 17.6 Å². The maximum Gasteiger partial charge on any atom is 0.137 e. The van der Waals surface area contributed by atoms with E-state index in [0.29, 0.717) is 24.1 Å². The van der Waals surface area contributed by atoms with Crippen LogP contribution >= 0.6 is 0 Å². The van der Waals surface area contributed by atoms with Gasteiger partial charge in [-0.25, -0.2) is 23.4 Å². The van der Waals surface area contributed by atoms with Crippen LogP contribution in [0.15, 0.2) is 67.8 Å². The van der Waals surface area contributed by atoms with Crippen LogP contribution in [-0.2, 0) is 13.0 Å². The summed E-state index contributed by atoms with van der Waals surface area (Å²) in [6.45, 7) is 0.309. The van der Waals surface area contributed by atoms with Gasteiger partial charge in [0.05, 0.1) is 24.2 Å². The van der Waals surface area contributed by atoms with Crippen LogP contribution in [0.2, 0.25) is 0 Å². The van der Waals surface area contributed by atoms with Crippen molar-refractivity contribution in [3.05, 3.63) is 96.1 Å². The Morgan fingerprint density at radius 3 is 2.37 bits per heavy atom. The van der Waals surface area contributed by atoms with E-state index in [2.05, 4.69) is 26.2 Å². The molecule has 0 spiro atoms. The number of hydrogen-bond donors (Lipinski definition) is 0. The zero-order valence-corrected chi connectivity index (χ0v) is 15.8. The highest BCUT2D eigenvalue weighted by molar-refractivity contribution is 5.32. The lowest BCUT2D eigenvalue weighted by Crippen LogP contribution is -2.26. The summed E-state index contributed by atoms with van der Waals surface area (Å²) >= 11 is 0. The van der Waals surface area contributed by atoms with E-state index in [1.54, 1.807) is 34.2 Å². The monoisotopic (exact) mass is 405 g/mol. The van der Waals surface area contributed by atoms with Crippen molar-refractivity contribution in [3.63, 3.8) is 0 Å². The summed E-state index contributed by atoms with van der Waals surface area (Å²) in [7, 11) is 0. The van der Waals surface area contributed by atoms with E-state index in [4.69, 9.17) is 5.26 Å². The average molecular weight is 405 g/mol. The Morgan fingerprint density at radius 2 is 1.73 bits per heavy atom. The normalized spacial score (nSPS) is 13.0. The number of nitriles is 1. The maximum atomic E-state index is 14.8. The third-order valence-electron chi connectivity index (χ3n) is 4.98. The number of hydrogen-bond acceptors (Lipinski definition) is 5. The first-order valence-electron chi connectivity index (χ1n) is 9.24. The minimum Gasteiger partial charge on any atom is -0.252 e. The van der Waals surface area contributed by atoms with E-state index in [-0.39, 0.29) is 6.04 Å². The summed E-state index contributed by atoms with van der Waals surface area (Å²) in [5.41, 5.74) is 1.85. The average Bonchev–Trinajstić information content (AvgIpc) is 3.46. The van der Waals surface area contributed by atoms with Crippen molar-refractivity contribution in [2.24, 2.45) is 0 Å². The Morgan fingerprint density at radius 1 is 0.967 bits per heavy atom. The molecule has 0 radical (unpaired) electrons. The molecule has 2 unspecified atom stereocenters. The number of nitrogens with zero attached hydrogens (tertiary/aromatic N) is 7. The highest BCUT2D eigenvalue weighted by Crippen LogP contribution is 2.34. The van der Waals surface area contributed by atoms with Crippen LogP contribution in [0, 0.1) is 23.0 Å². The fourth-order valence-corrected chi connectivity index (χ4v) is 3.52. The lowest BCUT2D eigenvalue weighted by molar-refractivity contribution is 0.326. The summed E-state index contributed by atoms with van der Waals surface area (Å²) in [6.07, 6.45) is 6.44. The third-order valence-corrected chi connectivity index (χ3v) is 4.98. The van der Waals surface area contributed by atoms with Crippen LogP contribution in [0.3, 0.4) is 0 Å². The van der Waals surface area contributed by atoms with Crippen molar-refractivity contribution in [1.29, 1.82) is 5.26 Å². The van der Waals surface area contributed by atoms with Gasteiger partial charge in [-0.1, -0.05) is 18.2 Å². The van der Waals surface area contributed by atoms with Crippen LogP contribution in [0.4, 0.5) is 8.78 Å². The molecular weight excluding hydrogens is 388 g/mol. The highest BCUT2D eigenvalue weighted by atomic mass is 19.1. The first kappa shape index (κ1) is 19.4. The quantitative estimate of drug-likeness (QED) is 0.471. The second-order valence-corrected chi connectivity index (χ2v) is 6.85. The Labute approximate surface area is 171 Å². The summed E-state index contributed by atoms with van der Waals surface area (Å²) in [4.78, 5) is 8.01. The lowest BCUT2D eigenvalue weighted by Gasteiger charge is -2.28. The van der Waals surface area contributed by atoms with Crippen LogP contribution in [0.5, 0.6) is 0 Å². The van der Waals surface area contributed by atoms with Crippen LogP contribution in [0.1, 0.15) is 28.7 Å². The number of halogens is 2. The van der Waals surface area contributed by atoms with Gasteiger partial charge < -0.3 is 0 Å². The summed E-state index contributed by atoms with van der Waals surface area (Å²) in [5, 5.41) is 17.5. The van der Waals surface area contributed by atoms with Gasteiger partial charge in [-0.15, -0.1) is 0 Å². The molecule has 2 heterocycles. The molecule has 0 saturated carbocycles. The minimum atomic E-state index is -0.639. The van der Waals surface area contributed by atoms with Gasteiger partial charge in [-0.05, 0) is 35.7 Å². The molecule has 0 aliphatic carbocycles.